The summed E-state index contributed by atoms with van der Waals surface area (Å²) in [6, 6.07) is 2.25. The standard InChI is InChI=1S/C34H46N2O8/c1-16-18-13-14-19(33(2,3)15-9-12-17-10-7-6-8-11-17)26(37)21(18)27(38)22-20(16)28(39)24-25(36(4)5)29(40)23(32(35)43)31(42)34(24,44)30(22)41/h13-14,16-17,20,24-25,28,37-39,42,44H,6-12,15H2,1-5H3,(H2,35,43)/t16-,20+,24+,25-,28-,34-/m0/s1. The van der Waals surface area contributed by atoms with E-state index in [9.17, 15) is 39.9 Å². The first-order valence-electron chi connectivity index (χ1n) is 15.8. The lowest BCUT2D eigenvalue weighted by Gasteiger charge is -2.53. The molecular formula is C34H46N2O8. The molecule has 1 amide bonds. The Morgan fingerprint density at radius 3 is 2.32 bits per heavy atom. The lowest BCUT2D eigenvalue weighted by atomic mass is 9.54. The molecule has 240 valence electrons. The molecule has 5 rings (SSSR count). The number of carbonyl (C=O) groups excluding carboxylic acids is 3. The first-order valence-corrected chi connectivity index (χ1v) is 15.8. The summed E-state index contributed by atoms with van der Waals surface area (Å²) < 4.78 is 0. The van der Waals surface area contributed by atoms with E-state index < -0.39 is 75.5 Å². The monoisotopic (exact) mass is 610 g/mol. The number of aliphatic hydroxyl groups is 4. The molecule has 10 nitrogen and oxygen atoms in total. The van der Waals surface area contributed by atoms with Gasteiger partial charge in [0.1, 0.15) is 22.8 Å². The van der Waals surface area contributed by atoms with Crippen molar-refractivity contribution >= 4 is 23.2 Å². The molecule has 6 atom stereocenters. The molecule has 1 aromatic carbocycles. The van der Waals surface area contributed by atoms with E-state index in [0.29, 0.717) is 11.1 Å². The van der Waals surface area contributed by atoms with Crippen molar-refractivity contribution in [1.29, 1.82) is 0 Å². The van der Waals surface area contributed by atoms with Gasteiger partial charge in [0.2, 0.25) is 5.78 Å². The number of phenolic OH excluding ortho intramolecular Hbond substituents is 1. The van der Waals surface area contributed by atoms with Crippen molar-refractivity contribution < 1.29 is 39.9 Å². The molecule has 7 N–H and O–H groups in total. The zero-order chi connectivity index (χ0) is 32.5. The van der Waals surface area contributed by atoms with Gasteiger partial charge in [0.15, 0.2) is 11.4 Å². The Hall–Kier alpha value is -3.21. The van der Waals surface area contributed by atoms with Gasteiger partial charge >= 0.3 is 0 Å². The van der Waals surface area contributed by atoms with E-state index in [1.807, 2.05) is 19.9 Å². The number of fused-ring (bicyclic) bond motifs is 3. The van der Waals surface area contributed by atoms with Gasteiger partial charge in [0, 0.05) is 17.1 Å². The Labute approximate surface area is 258 Å². The predicted octanol–water partition coefficient (Wildman–Crippen LogP) is 3.52. The molecule has 0 heterocycles. The highest BCUT2D eigenvalue weighted by Gasteiger charge is 2.68. The van der Waals surface area contributed by atoms with Gasteiger partial charge in [-0.05, 0) is 43.3 Å². The smallest absolute Gasteiger partial charge is 0.255 e. The normalized spacial score (nSPS) is 31.2. The SMILES string of the molecule is C[C@H]1c2ccc(C(C)(C)CCCC3CCCCC3)c(O)c2C(O)=C2C(=O)[C@]3(O)C(O)=C(C(N)=O)C(=O)[C@@H](N(C)C)[C@@H]3[C@@H](O)[C@@H]21. The van der Waals surface area contributed by atoms with Crippen LogP contribution in [0.25, 0.3) is 5.76 Å². The molecule has 4 aliphatic carbocycles. The lowest BCUT2D eigenvalue weighted by Crippen LogP contribution is -2.70. The number of nitrogens with two attached hydrogens (primary N) is 1. The second-order valence-electron chi connectivity index (χ2n) is 14.3. The zero-order valence-electron chi connectivity index (χ0n) is 26.3. The number of carbonyl (C=O) groups is 3. The Morgan fingerprint density at radius 2 is 1.73 bits per heavy atom. The van der Waals surface area contributed by atoms with Crippen molar-refractivity contribution in [3.63, 3.8) is 0 Å². The van der Waals surface area contributed by atoms with Gasteiger partial charge in [-0.1, -0.05) is 77.8 Å². The summed E-state index contributed by atoms with van der Waals surface area (Å²) in [5.41, 5.74) is 1.87. The highest BCUT2D eigenvalue weighted by Crippen LogP contribution is 2.57. The molecule has 1 aromatic rings. The van der Waals surface area contributed by atoms with Crippen molar-refractivity contribution in [3.05, 3.63) is 45.7 Å². The zero-order valence-corrected chi connectivity index (χ0v) is 26.3. The largest absolute Gasteiger partial charge is 0.508 e. The summed E-state index contributed by atoms with van der Waals surface area (Å²) in [4.78, 5) is 41.1. The number of hydrogen-bond donors (Lipinski definition) is 6. The summed E-state index contributed by atoms with van der Waals surface area (Å²) in [5, 5.41) is 58.1. The van der Waals surface area contributed by atoms with E-state index in [1.54, 1.807) is 13.0 Å². The van der Waals surface area contributed by atoms with Gasteiger partial charge in [-0.15, -0.1) is 0 Å². The quantitative estimate of drug-likeness (QED) is 0.252. The number of hydrogen-bond acceptors (Lipinski definition) is 9. The Morgan fingerprint density at radius 1 is 1.09 bits per heavy atom. The number of ketones is 2. The molecule has 0 saturated heterocycles. The van der Waals surface area contributed by atoms with E-state index in [-0.39, 0.29) is 16.9 Å². The van der Waals surface area contributed by atoms with Crippen LogP contribution in [0.15, 0.2) is 29.0 Å². The lowest BCUT2D eigenvalue weighted by molar-refractivity contribution is -0.169. The molecule has 0 unspecified atom stereocenters. The topological polar surface area (TPSA) is 182 Å². The minimum atomic E-state index is -2.92. The summed E-state index contributed by atoms with van der Waals surface area (Å²) in [5.74, 6) is -7.98. The van der Waals surface area contributed by atoms with Gasteiger partial charge in [-0.2, -0.15) is 0 Å². The van der Waals surface area contributed by atoms with Crippen LogP contribution in [0, 0.1) is 17.8 Å². The summed E-state index contributed by atoms with van der Waals surface area (Å²) in [6.45, 7) is 5.81. The van der Waals surface area contributed by atoms with Crippen molar-refractivity contribution in [2.45, 2.75) is 101 Å². The number of benzene rings is 1. The number of rotatable bonds is 7. The summed E-state index contributed by atoms with van der Waals surface area (Å²) in [6.07, 6.45) is 7.67. The Kier molecular flexibility index (Phi) is 8.27. The van der Waals surface area contributed by atoms with Gasteiger partial charge in [-0.25, -0.2) is 0 Å². The number of Topliss-reactive ketones (excluding diaryl/α,β-unsaturated/α-hetero) is 2. The van der Waals surface area contributed by atoms with E-state index in [2.05, 4.69) is 0 Å². The maximum absolute atomic E-state index is 14.2. The Balaban J connectivity index is 1.59. The van der Waals surface area contributed by atoms with Crippen LogP contribution in [0.5, 0.6) is 5.75 Å². The van der Waals surface area contributed by atoms with E-state index in [4.69, 9.17) is 5.73 Å². The van der Waals surface area contributed by atoms with Crippen molar-refractivity contribution in [2.24, 2.45) is 23.5 Å². The van der Waals surface area contributed by atoms with Crippen LogP contribution in [0.1, 0.15) is 94.7 Å². The Bertz CT molecular complexity index is 1450. The fraction of sp³-hybridized carbons (Fsp3) is 0.618. The molecule has 0 aromatic heterocycles. The average Bonchev–Trinajstić information content (AvgIpc) is 2.95. The van der Waals surface area contributed by atoms with Crippen molar-refractivity contribution in [1.82, 2.24) is 4.90 Å². The molecule has 4 aliphatic rings. The maximum Gasteiger partial charge on any atom is 0.255 e. The molecular weight excluding hydrogens is 564 g/mol. The fourth-order valence-electron chi connectivity index (χ4n) is 8.61. The third-order valence-electron chi connectivity index (χ3n) is 11.0. The number of nitrogens with zero attached hydrogens (tertiary/aromatic N) is 1. The van der Waals surface area contributed by atoms with Gasteiger partial charge in [0.25, 0.3) is 5.91 Å². The molecule has 2 saturated carbocycles. The highest BCUT2D eigenvalue weighted by molar-refractivity contribution is 6.24. The number of phenols is 1. The molecule has 10 heteroatoms. The van der Waals surface area contributed by atoms with Crippen molar-refractivity contribution in [3.8, 4) is 5.75 Å². The third kappa shape index (κ3) is 4.68. The van der Waals surface area contributed by atoms with Gasteiger partial charge < -0.3 is 31.3 Å². The van der Waals surface area contributed by atoms with Crippen LogP contribution in [-0.4, -0.2) is 79.7 Å². The second-order valence-corrected chi connectivity index (χ2v) is 14.3. The number of likely N-dealkylation sites (N-methyl/N-ethyl adjacent to an activating group) is 1. The average molecular weight is 611 g/mol. The number of amides is 1. The fourth-order valence-corrected chi connectivity index (χ4v) is 8.61. The molecule has 0 aliphatic heterocycles. The molecule has 44 heavy (non-hydrogen) atoms. The molecule has 2 fully saturated rings. The van der Waals surface area contributed by atoms with E-state index in [0.717, 1.165) is 25.2 Å². The van der Waals surface area contributed by atoms with Crippen LogP contribution >= 0.6 is 0 Å². The van der Waals surface area contributed by atoms with E-state index in [1.165, 1.54) is 51.1 Å². The highest BCUT2D eigenvalue weighted by atomic mass is 16.4. The van der Waals surface area contributed by atoms with Crippen LogP contribution in [0.2, 0.25) is 0 Å². The number of aromatic hydroxyl groups is 1. The molecule has 0 bridgehead atoms. The first-order chi connectivity index (χ1) is 20.6. The maximum atomic E-state index is 14.2. The summed E-state index contributed by atoms with van der Waals surface area (Å²) >= 11 is 0. The minimum Gasteiger partial charge on any atom is -0.508 e. The van der Waals surface area contributed by atoms with Crippen LogP contribution in [0.4, 0.5) is 0 Å². The van der Waals surface area contributed by atoms with Gasteiger partial charge in [-0.3, -0.25) is 19.3 Å². The summed E-state index contributed by atoms with van der Waals surface area (Å²) in [7, 11) is 2.97. The third-order valence-corrected chi connectivity index (χ3v) is 11.0. The van der Waals surface area contributed by atoms with Crippen LogP contribution in [-0.2, 0) is 19.8 Å². The van der Waals surface area contributed by atoms with Crippen LogP contribution in [0.3, 0.4) is 0 Å². The minimum absolute atomic E-state index is 0.0406. The predicted molar refractivity (Wildman–Crippen MR) is 164 cm³/mol. The second kappa shape index (κ2) is 11.3. The molecule has 0 spiro atoms. The first kappa shape index (κ1) is 32.2. The number of aliphatic hydroxyl groups excluding tert-OH is 3. The van der Waals surface area contributed by atoms with Gasteiger partial charge in [0.05, 0.1) is 23.6 Å². The van der Waals surface area contributed by atoms with Crippen LogP contribution < -0.4 is 5.73 Å². The molecule has 0 radical (unpaired) electrons. The number of primary amides is 1. The van der Waals surface area contributed by atoms with Crippen molar-refractivity contribution in [2.75, 3.05) is 14.1 Å². The van der Waals surface area contributed by atoms with E-state index >= 15 is 0 Å².